The van der Waals surface area contributed by atoms with Gasteiger partial charge in [0.1, 0.15) is 10.8 Å². The highest BCUT2D eigenvalue weighted by atomic mass is 32.1. The van der Waals surface area contributed by atoms with Crippen LogP contribution in [-0.4, -0.2) is 49.7 Å². The van der Waals surface area contributed by atoms with Gasteiger partial charge in [-0.05, 0) is 49.2 Å². The molecule has 0 saturated carbocycles. The number of hydrogen-bond acceptors (Lipinski definition) is 7. The minimum atomic E-state index is 0.178. The maximum Gasteiger partial charge on any atom is 0.180 e. The predicted molar refractivity (Wildman–Crippen MR) is 121 cm³/mol. The highest BCUT2D eigenvalue weighted by Gasteiger charge is 2.30. The van der Waals surface area contributed by atoms with E-state index < -0.39 is 0 Å². The zero-order valence-electron chi connectivity index (χ0n) is 17.5. The van der Waals surface area contributed by atoms with Gasteiger partial charge in [0, 0.05) is 37.3 Å². The second-order valence-electron chi connectivity index (χ2n) is 8.08. The van der Waals surface area contributed by atoms with E-state index in [-0.39, 0.29) is 6.10 Å². The molecule has 7 nitrogen and oxygen atoms in total. The predicted octanol–water partition coefficient (Wildman–Crippen LogP) is 4.38. The molecule has 5 rings (SSSR count). The summed E-state index contributed by atoms with van der Waals surface area (Å²) in [4.78, 5) is 8.19. The second-order valence-corrected chi connectivity index (χ2v) is 9.11. The molecular weight excluding hydrogens is 408 g/mol. The van der Waals surface area contributed by atoms with Gasteiger partial charge in [-0.3, -0.25) is 4.90 Å². The van der Waals surface area contributed by atoms with Crippen molar-refractivity contribution in [3.05, 3.63) is 66.1 Å². The van der Waals surface area contributed by atoms with Crippen molar-refractivity contribution >= 4 is 11.3 Å². The number of tetrazole rings is 1. The third-order valence-electron chi connectivity index (χ3n) is 5.31. The van der Waals surface area contributed by atoms with E-state index in [1.165, 1.54) is 5.56 Å². The Kier molecular flexibility index (Phi) is 5.48. The number of nitrogens with zero attached hydrogens (tertiary/aromatic N) is 5. The van der Waals surface area contributed by atoms with Gasteiger partial charge in [0.2, 0.25) is 0 Å². The maximum absolute atomic E-state index is 5.73. The second kappa shape index (κ2) is 8.56. The number of H-pyrrole nitrogens is 1. The molecule has 0 radical (unpaired) electrons. The molecular formula is C23H24N6OS. The molecule has 2 aromatic carbocycles. The van der Waals surface area contributed by atoms with Crippen LogP contribution in [-0.2, 0) is 6.54 Å². The molecule has 2 aromatic heterocycles. The fourth-order valence-electron chi connectivity index (χ4n) is 3.73. The van der Waals surface area contributed by atoms with Crippen molar-refractivity contribution in [1.82, 2.24) is 30.5 Å². The van der Waals surface area contributed by atoms with Gasteiger partial charge in [0.05, 0.1) is 11.0 Å². The molecule has 0 amide bonds. The quantitative estimate of drug-likeness (QED) is 0.467. The molecule has 31 heavy (non-hydrogen) atoms. The van der Waals surface area contributed by atoms with Gasteiger partial charge in [-0.1, -0.05) is 29.5 Å². The smallest absolute Gasteiger partial charge is 0.180 e. The first-order valence-corrected chi connectivity index (χ1v) is 11.2. The molecule has 8 heteroatoms. The van der Waals surface area contributed by atoms with Crippen molar-refractivity contribution in [2.75, 3.05) is 13.1 Å². The van der Waals surface area contributed by atoms with Gasteiger partial charge in [-0.15, -0.1) is 21.5 Å². The summed E-state index contributed by atoms with van der Waals surface area (Å²) >= 11 is 1.71. The van der Waals surface area contributed by atoms with Crippen molar-refractivity contribution in [1.29, 1.82) is 0 Å². The lowest BCUT2D eigenvalue weighted by atomic mass is 9.98. The Morgan fingerprint density at radius 2 is 1.81 bits per heavy atom. The summed E-state index contributed by atoms with van der Waals surface area (Å²) in [7, 11) is 0. The first-order valence-electron chi connectivity index (χ1n) is 10.4. The number of rotatable bonds is 7. The van der Waals surface area contributed by atoms with Crippen LogP contribution in [0.1, 0.15) is 31.2 Å². The maximum atomic E-state index is 5.73. The van der Waals surface area contributed by atoms with Gasteiger partial charge in [-0.25, -0.2) is 4.98 Å². The number of thiazole rings is 1. The number of likely N-dealkylation sites (tertiary alicyclic amines) is 1. The summed E-state index contributed by atoms with van der Waals surface area (Å²) in [6.45, 7) is 6.94. The van der Waals surface area contributed by atoms with Gasteiger partial charge < -0.3 is 4.74 Å². The molecule has 0 spiro atoms. The van der Waals surface area contributed by atoms with Gasteiger partial charge in [0.25, 0.3) is 0 Å². The SMILES string of the molecule is CC(C)Oc1ccc(-c2cnc(-c3ccc(CN4CC(c5nn[nH]n5)C4)cc3)s2)cc1. The molecule has 1 N–H and O–H groups in total. The number of aromatic amines is 1. The van der Waals surface area contributed by atoms with E-state index in [9.17, 15) is 0 Å². The monoisotopic (exact) mass is 432 g/mol. The Bertz CT molecular complexity index is 1120. The average Bonchev–Trinajstić information content (AvgIpc) is 3.43. The molecule has 0 aliphatic carbocycles. The van der Waals surface area contributed by atoms with E-state index in [0.29, 0.717) is 5.92 Å². The number of aromatic nitrogens is 5. The molecule has 1 saturated heterocycles. The minimum absolute atomic E-state index is 0.178. The summed E-state index contributed by atoms with van der Waals surface area (Å²) in [6.07, 6.45) is 2.13. The van der Waals surface area contributed by atoms with Crippen molar-refractivity contribution in [3.8, 4) is 26.8 Å². The van der Waals surface area contributed by atoms with Crippen molar-refractivity contribution < 1.29 is 4.74 Å². The lowest BCUT2D eigenvalue weighted by Gasteiger charge is -2.37. The van der Waals surface area contributed by atoms with Crippen LogP contribution in [0.15, 0.2) is 54.7 Å². The van der Waals surface area contributed by atoms with Crippen molar-refractivity contribution in [3.63, 3.8) is 0 Å². The first kappa shape index (κ1) is 19.8. The lowest BCUT2D eigenvalue weighted by molar-refractivity contribution is 0.134. The molecule has 0 bridgehead atoms. The minimum Gasteiger partial charge on any atom is -0.491 e. The van der Waals surface area contributed by atoms with Crippen LogP contribution in [0.25, 0.3) is 21.0 Å². The highest BCUT2D eigenvalue weighted by Crippen LogP contribution is 2.33. The van der Waals surface area contributed by atoms with Crippen LogP contribution in [0, 0.1) is 0 Å². The highest BCUT2D eigenvalue weighted by molar-refractivity contribution is 7.18. The normalized spacial score (nSPS) is 14.7. The fourth-order valence-corrected chi connectivity index (χ4v) is 4.65. The van der Waals surface area contributed by atoms with Crippen LogP contribution in [0.5, 0.6) is 5.75 Å². The summed E-state index contributed by atoms with van der Waals surface area (Å²) in [5, 5.41) is 15.4. The summed E-state index contributed by atoms with van der Waals surface area (Å²) < 4.78 is 5.73. The lowest BCUT2D eigenvalue weighted by Crippen LogP contribution is -2.44. The van der Waals surface area contributed by atoms with Crippen LogP contribution in [0.4, 0.5) is 0 Å². The Morgan fingerprint density at radius 3 is 2.48 bits per heavy atom. The van der Waals surface area contributed by atoms with E-state index in [2.05, 4.69) is 66.9 Å². The Morgan fingerprint density at radius 1 is 1.06 bits per heavy atom. The van der Waals surface area contributed by atoms with Crippen LogP contribution in [0.2, 0.25) is 0 Å². The van der Waals surface area contributed by atoms with Gasteiger partial charge in [0.15, 0.2) is 5.82 Å². The molecule has 4 aromatic rings. The molecule has 3 heterocycles. The van der Waals surface area contributed by atoms with Crippen LogP contribution >= 0.6 is 11.3 Å². The summed E-state index contributed by atoms with van der Waals surface area (Å²) in [6, 6.07) is 16.9. The molecule has 1 aliphatic rings. The summed E-state index contributed by atoms with van der Waals surface area (Å²) in [5.41, 5.74) is 3.60. The Labute approximate surface area is 185 Å². The number of hydrogen-bond donors (Lipinski definition) is 1. The number of nitrogens with one attached hydrogen (secondary N) is 1. The topological polar surface area (TPSA) is 79.8 Å². The zero-order chi connectivity index (χ0) is 21.2. The van der Waals surface area contributed by atoms with E-state index in [4.69, 9.17) is 4.74 Å². The molecule has 1 aliphatic heterocycles. The first-order chi connectivity index (χ1) is 15.1. The van der Waals surface area contributed by atoms with Crippen molar-refractivity contribution in [2.24, 2.45) is 0 Å². The zero-order valence-corrected chi connectivity index (χ0v) is 18.3. The third-order valence-corrected chi connectivity index (χ3v) is 6.40. The standard InChI is InChI=1S/C23H24N6OS/c1-15(2)30-20-9-7-17(8-10-20)21-11-24-23(31-21)18-5-3-16(4-6-18)12-29-13-19(14-29)22-25-27-28-26-22/h3-11,15,19H,12-14H2,1-2H3,(H,25,26,27,28). The third kappa shape index (κ3) is 4.50. The number of ether oxygens (including phenoxy) is 1. The van der Waals surface area contributed by atoms with E-state index in [1.54, 1.807) is 11.3 Å². The Hall–Kier alpha value is -3.10. The van der Waals surface area contributed by atoms with Gasteiger partial charge >= 0.3 is 0 Å². The fraction of sp³-hybridized carbons (Fsp3) is 0.304. The molecule has 158 valence electrons. The number of benzene rings is 2. The van der Waals surface area contributed by atoms with E-state index in [1.807, 2.05) is 32.2 Å². The molecule has 1 fully saturated rings. The molecule has 0 unspecified atom stereocenters. The molecule has 0 atom stereocenters. The van der Waals surface area contributed by atoms with Crippen LogP contribution in [0.3, 0.4) is 0 Å². The average molecular weight is 433 g/mol. The van der Waals surface area contributed by atoms with Crippen LogP contribution < -0.4 is 4.74 Å². The van der Waals surface area contributed by atoms with E-state index in [0.717, 1.165) is 52.2 Å². The largest absolute Gasteiger partial charge is 0.491 e. The Balaban J connectivity index is 1.20. The summed E-state index contributed by atoms with van der Waals surface area (Å²) in [5.74, 6) is 2.09. The van der Waals surface area contributed by atoms with Gasteiger partial charge in [-0.2, -0.15) is 5.21 Å². The van der Waals surface area contributed by atoms with E-state index >= 15 is 0 Å². The van der Waals surface area contributed by atoms with Crippen molar-refractivity contribution in [2.45, 2.75) is 32.4 Å².